The molecule has 30 heavy (non-hydrogen) atoms. The number of allylic oxidation sites excluding steroid dienone is 3. The number of hydrogen-bond donors (Lipinski definition) is 1. The maximum atomic E-state index is 13.0. The summed E-state index contributed by atoms with van der Waals surface area (Å²) in [6.07, 6.45) is 6.72. The summed E-state index contributed by atoms with van der Waals surface area (Å²) in [6.45, 7) is 0.501. The quantitative estimate of drug-likeness (QED) is 0.816. The Balaban J connectivity index is 1.36. The van der Waals surface area contributed by atoms with Crippen LogP contribution in [0, 0.1) is 5.92 Å². The van der Waals surface area contributed by atoms with Gasteiger partial charge in [-0.1, -0.05) is 66.8 Å². The van der Waals surface area contributed by atoms with Gasteiger partial charge in [0.2, 0.25) is 0 Å². The minimum absolute atomic E-state index is 0.0426. The van der Waals surface area contributed by atoms with Crippen LogP contribution in [-0.2, 0) is 9.53 Å². The van der Waals surface area contributed by atoms with Crippen LogP contribution in [0.2, 0.25) is 0 Å². The lowest BCUT2D eigenvalue weighted by molar-refractivity contribution is -0.143. The fraction of sp³-hybridized carbons (Fsp3) is 0.280. The summed E-state index contributed by atoms with van der Waals surface area (Å²) >= 11 is 0. The van der Waals surface area contributed by atoms with Crippen molar-refractivity contribution in [2.75, 3.05) is 13.2 Å². The fourth-order valence-electron chi connectivity index (χ4n) is 4.96. The van der Waals surface area contributed by atoms with E-state index in [1.54, 1.807) is 0 Å². The van der Waals surface area contributed by atoms with Crippen molar-refractivity contribution in [1.82, 2.24) is 4.90 Å². The molecule has 5 nitrogen and oxygen atoms in total. The zero-order chi connectivity index (χ0) is 20.7. The summed E-state index contributed by atoms with van der Waals surface area (Å²) in [5, 5.41) is 9.70. The highest BCUT2D eigenvalue weighted by Gasteiger charge is 2.40. The van der Waals surface area contributed by atoms with Gasteiger partial charge in [0, 0.05) is 12.5 Å². The number of carboxylic acid groups (broad SMARTS) is 1. The number of rotatable bonds is 3. The number of piperidine rings is 1. The lowest BCUT2D eigenvalue weighted by Crippen LogP contribution is -2.51. The summed E-state index contributed by atoms with van der Waals surface area (Å²) in [5.74, 6) is -0.829. The number of aliphatic carboxylic acids is 1. The number of carbonyl (C=O) groups is 2. The normalized spacial score (nSPS) is 22.0. The van der Waals surface area contributed by atoms with E-state index in [-0.39, 0.29) is 18.4 Å². The molecule has 2 unspecified atom stereocenters. The Morgan fingerprint density at radius 3 is 2.37 bits per heavy atom. The number of fused-ring (bicyclic) bond motifs is 4. The average molecular weight is 401 g/mol. The topological polar surface area (TPSA) is 66.8 Å². The monoisotopic (exact) mass is 401 g/mol. The van der Waals surface area contributed by atoms with Gasteiger partial charge in [0.05, 0.1) is 0 Å². The molecule has 1 aliphatic heterocycles. The number of likely N-dealkylation sites (tertiary alicyclic amines) is 1. The molecular weight excluding hydrogens is 378 g/mol. The lowest BCUT2D eigenvalue weighted by Gasteiger charge is -2.39. The number of carboxylic acids is 1. The van der Waals surface area contributed by atoms with Crippen molar-refractivity contribution in [2.24, 2.45) is 5.92 Å². The molecule has 3 aliphatic rings. The van der Waals surface area contributed by atoms with Crippen LogP contribution in [0.25, 0.3) is 11.1 Å². The second-order valence-corrected chi connectivity index (χ2v) is 8.12. The summed E-state index contributed by atoms with van der Waals surface area (Å²) in [5.41, 5.74) is 5.71. The molecule has 1 saturated heterocycles. The molecule has 1 heterocycles. The average Bonchev–Trinajstić information content (AvgIpc) is 3.10. The molecule has 2 aromatic carbocycles. The third-order valence-corrected chi connectivity index (χ3v) is 6.48. The SMILES string of the molecule is O=C(O)C1CC2CC=CC=C2CN1C(=O)OCC1c2ccccc2-c2ccccc21. The first-order chi connectivity index (χ1) is 14.6. The van der Waals surface area contributed by atoms with E-state index < -0.39 is 18.1 Å². The van der Waals surface area contributed by atoms with E-state index in [0.29, 0.717) is 13.0 Å². The van der Waals surface area contributed by atoms with Crippen molar-refractivity contribution in [3.63, 3.8) is 0 Å². The van der Waals surface area contributed by atoms with Crippen LogP contribution >= 0.6 is 0 Å². The first kappa shape index (κ1) is 18.7. The zero-order valence-electron chi connectivity index (χ0n) is 16.5. The van der Waals surface area contributed by atoms with Crippen LogP contribution < -0.4 is 0 Å². The van der Waals surface area contributed by atoms with Crippen molar-refractivity contribution in [1.29, 1.82) is 0 Å². The predicted octanol–water partition coefficient (Wildman–Crippen LogP) is 4.60. The molecule has 0 spiro atoms. The summed E-state index contributed by atoms with van der Waals surface area (Å²) in [7, 11) is 0. The Labute approximate surface area is 175 Å². The Bertz CT molecular complexity index is 1020. The number of hydrogen-bond acceptors (Lipinski definition) is 3. The van der Waals surface area contributed by atoms with E-state index in [4.69, 9.17) is 4.74 Å². The standard InChI is InChI=1S/C25H23NO4/c27-24(28)23-13-16-7-1-2-8-17(16)14-26(23)25(29)30-15-22-20-11-5-3-9-18(20)19-10-4-6-12-21(19)22/h1-6,8-12,16,22-23H,7,13-15H2,(H,27,28). The molecular formula is C25H23NO4. The highest BCUT2D eigenvalue weighted by molar-refractivity contribution is 5.82. The van der Waals surface area contributed by atoms with Crippen LogP contribution in [0.1, 0.15) is 29.9 Å². The number of benzene rings is 2. The smallest absolute Gasteiger partial charge is 0.410 e. The van der Waals surface area contributed by atoms with Crippen LogP contribution in [0.4, 0.5) is 4.79 Å². The van der Waals surface area contributed by atoms with Crippen LogP contribution in [-0.4, -0.2) is 41.3 Å². The van der Waals surface area contributed by atoms with Gasteiger partial charge in [-0.25, -0.2) is 9.59 Å². The van der Waals surface area contributed by atoms with Gasteiger partial charge in [-0.3, -0.25) is 4.90 Å². The molecule has 0 radical (unpaired) electrons. The van der Waals surface area contributed by atoms with E-state index in [1.807, 2.05) is 36.4 Å². The summed E-state index contributed by atoms with van der Waals surface area (Å²) < 4.78 is 5.72. The highest BCUT2D eigenvalue weighted by Crippen LogP contribution is 2.44. The molecule has 0 bridgehead atoms. The van der Waals surface area contributed by atoms with Crippen molar-refractivity contribution in [3.05, 3.63) is 83.5 Å². The Morgan fingerprint density at radius 2 is 1.70 bits per heavy atom. The minimum atomic E-state index is -0.975. The Hall–Kier alpha value is -3.34. The van der Waals surface area contributed by atoms with Crippen LogP contribution in [0.15, 0.2) is 72.3 Å². The molecule has 1 N–H and O–H groups in total. The van der Waals surface area contributed by atoms with Gasteiger partial charge in [-0.15, -0.1) is 0 Å². The second kappa shape index (κ2) is 7.48. The number of carbonyl (C=O) groups excluding carboxylic acids is 1. The summed E-state index contributed by atoms with van der Waals surface area (Å²) in [6, 6.07) is 15.5. The van der Waals surface area contributed by atoms with Gasteiger partial charge < -0.3 is 9.84 Å². The van der Waals surface area contributed by atoms with Crippen molar-refractivity contribution in [3.8, 4) is 11.1 Å². The third-order valence-electron chi connectivity index (χ3n) is 6.48. The van der Waals surface area contributed by atoms with E-state index in [0.717, 1.165) is 34.2 Å². The first-order valence-corrected chi connectivity index (χ1v) is 10.3. The molecule has 5 heteroatoms. The van der Waals surface area contributed by atoms with E-state index in [1.165, 1.54) is 4.90 Å². The van der Waals surface area contributed by atoms with Crippen molar-refractivity contribution < 1.29 is 19.4 Å². The van der Waals surface area contributed by atoms with Gasteiger partial charge in [-0.2, -0.15) is 0 Å². The number of ether oxygens (including phenoxy) is 1. The van der Waals surface area contributed by atoms with E-state index in [2.05, 4.69) is 30.3 Å². The minimum Gasteiger partial charge on any atom is -0.480 e. The van der Waals surface area contributed by atoms with Gasteiger partial charge in [-0.05, 0) is 46.6 Å². The fourth-order valence-corrected chi connectivity index (χ4v) is 4.96. The van der Waals surface area contributed by atoms with E-state index in [9.17, 15) is 14.7 Å². The molecule has 152 valence electrons. The largest absolute Gasteiger partial charge is 0.480 e. The molecule has 2 atom stereocenters. The Morgan fingerprint density at radius 1 is 1.03 bits per heavy atom. The van der Waals surface area contributed by atoms with Crippen LogP contribution in [0.3, 0.4) is 0 Å². The van der Waals surface area contributed by atoms with Gasteiger partial charge in [0.25, 0.3) is 0 Å². The highest BCUT2D eigenvalue weighted by atomic mass is 16.6. The maximum absolute atomic E-state index is 13.0. The van der Waals surface area contributed by atoms with Gasteiger partial charge >= 0.3 is 12.1 Å². The second-order valence-electron chi connectivity index (χ2n) is 8.12. The molecule has 2 aliphatic carbocycles. The maximum Gasteiger partial charge on any atom is 0.410 e. The molecule has 0 saturated carbocycles. The molecule has 1 amide bonds. The lowest BCUT2D eigenvalue weighted by atomic mass is 9.82. The molecule has 1 fully saturated rings. The Kier molecular flexibility index (Phi) is 4.66. The molecule has 2 aromatic rings. The van der Waals surface area contributed by atoms with Gasteiger partial charge in [0.15, 0.2) is 0 Å². The van der Waals surface area contributed by atoms with Gasteiger partial charge in [0.1, 0.15) is 12.6 Å². The molecule has 0 aromatic heterocycles. The third kappa shape index (κ3) is 3.11. The first-order valence-electron chi connectivity index (χ1n) is 10.3. The number of amides is 1. The zero-order valence-corrected chi connectivity index (χ0v) is 16.5. The summed E-state index contributed by atoms with van der Waals surface area (Å²) in [4.78, 5) is 26.2. The molecule has 5 rings (SSSR count). The van der Waals surface area contributed by atoms with Crippen molar-refractivity contribution in [2.45, 2.75) is 24.8 Å². The van der Waals surface area contributed by atoms with E-state index >= 15 is 0 Å². The predicted molar refractivity (Wildman–Crippen MR) is 113 cm³/mol. The number of nitrogens with zero attached hydrogens (tertiary/aromatic N) is 1. The van der Waals surface area contributed by atoms with Crippen LogP contribution in [0.5, 0.6) is 0 Å². The van der Waals surface area contributed by atoms with Crippen molar-refractivity contribution >= 4 is 12.1 Å².